The first kappa shape index (κ1) is 17.2. The summed E-state index contributed by atoms with van der Waals surface area (Å²) in [6.07, 6.45) is 2.20. The highest BCUT2D eigenvalue weighted by Crippen LogP contribution is 2.29. The Kier molecular flexibility index (Phi) is 6.67. The Morgan fingerprint density at radius 3 is 3.05 bits per heavy atom. The Morgan fingerprint density at radius 1 is 1.50 bits per heavy atom. The normalized spacial score (nSPS) is 28.6. The summed E-state index contributed by atoms with van der Waals surface area (Å²) in [6, 6.07) is 0.00540. The summed E-state index contributed by atoms with van der Waals surface area (Å²) in [5.41, 5.74) is 0.970. The van der Waals surface area contributed by atoms with Crippen LogP contribution in [-0.2, 0) is 9.47 Å². The van der Waals surface area contributed by atoms with Crippen LogP contribution in [0.4, 0.5) is 4.79 Å². The molecule has 2 saturated heterocycles. The lowest BCUT2D eigenvalue weighted by atomic mass is 9.89. The molecule has 6 heteroatoms. The number of aliphatic hydroxyl groups excluding tert-OH is 1. The Bertz CT molecular complexity index is 388. The first-order valence-corrected chi connectivity index (χ1v) is 8.12. The second-order valence-electron chi connectivity index (χ2n) is 6.24. The Hall–Kier alpha value is -1.11. The summed E-state index contributed by atoms with van der Waals surface area (Å²) < 4.78 is 10.9. The van der Waals surface area contributed by atoms with Gasteiger partial charge in [-0.05, 0) is 26.2 Å². The van der Waals surface area contributed by atoms with Gasteiger partial charge in [-0.3, -0.25) is 0 Å². The fraction of sp³-hybridized carbons (Fsp3) is 0.812. The van der Waals surface area contributed by atoms with E-state index in [1.165, 1.54) is 0 Å². The van der Waals surface area contributed by atoms with E-state index in [0.717, 1.165) is 25.0 Å². The van der Waals surface area contributed by atoms with Crippen LogP contribution in [0.1, 0.15) is 26.2 Å². The quantitative estimate of drug-likeness (QED) is 0.570. The number of carbonyl (C=O) groups excluding carboxylic acids is 1. The summed E-state index contributed by atoms with van der Waals surface area (Å²) in [7, 11) is 0. The van der Waals surface area contributed by atoms with Crippen LogP contribution in [0.2, 0.25) is 0 Å². The van der Waals surface area contributed by atoms with Gasteiger partial charge < -0.3 is 24.8 Å². The van der Waals surface area contributed by atoms with Crippen LogP contribution in [-0.4, -0.2) is 67.7 Å². The predicted molar refractivity (Wildman–Crippen MR) is 83.7 cm³/mol. The van der Waals surface area contributed by atoms with E-state index in [4.69, 9.17) is 9.47 Å². The van der Waals surface area contributed by atoms with Gasteiger partial charge in [-0.2, -0.15) is 0 Å². The molecule has 3 atom stereocenters. The molecule has 0 aromatic heterocycles. The van der Waals surface area contributed by atoms with Crippen LogP contribution in [0.3, 0.4) is 0 Å². The van der Waals surface area contributed by atoms with Gasteiger partial charge in [0.25, 0.3) is 0 Å². The number of likely N-dealkylation sites (tertiary alicyclic amines) is 1. The number of aliphatic hydroxyl groups is 1. The highest BCUT2D eigenvalue weighted by molar-refractivity contribution is 5.74. The number of urea groups is 1. The van der Waals surface area contributed by atoms with Gasteiger partial charge in [0.1, 0.15) is 0 Å². The van der Waals surface area contributed by atoms with Crippen molar-refractivity contribution in [3.05, 3.63) is 12.2 Å². The number of nitrogens with zero attached hydrogens (tertiary/aromatic N) is 1. The lowest BCUT2D eigenvalue weighted by Gasteiger charge is -2.36. The zero-order valence-electron chi connectivity index (χ0n) is 13.4. The molecule has 2 aliphatic heterocycles. The minimum absolute atomic E-state index is 0.0293. The van der Waals surface area contributed by atoms with Gasteiger partial charge in [-0.25, -0.2) is 4.79 Å². The number of carbonyl (C=O) groups is 1. The van der Waals surface area contributed by atoms with E-state index in [0.29, 0.717) is 39.4 Å². The molecule has 2 aliphatic rings. The van der Waals surface area contributed by atoms with Crippen LogP contribution in [0.25, 0.3) is 0 Å². The SMILES string of the molecule is C=C(C)COCCNC(=O)N1CCC[C@@H]1[C@@H]1COCC[C@H]1O. The number of rotatable bonds is 6. The molecule has 22 heavy (non-hydrogen) atoms. The summed E-state index contributed by atoms with van der Waals surface area (Å²) in [5.74, 6) is 0.0293. The van der Waals surface area contributed by atoms with E-state index >= 15 is 0 Å². The predicted octanol–water partition coefficient (Wildman–Crippen LogP) is 1.15. The van der Waals surface area contributed by atoms with E-state index in [1.54, 1.807) is 0 Å². The van der Waals surface area contributed by atoms with Gasteiger partial charge in [-0.1, -0.05) is 12.2 Å². The Morgan fingerprint density at radius 2 is 2.32 bits per heavy atom. The van der Waals surface area contributed by atoms with Crippen molar-refractivity contribution in [3.63, 3.8) is 0 Å². The number of amides is 2. The van der Waals surface area contributed by atoms with E-state index in [-0.39, 0.29) is 24.1 Å². The summed E-state index contributed by atoms with van der Waals surface area (Å²) in [6.45, 7) is 9.05. The second kappa shape index (κ2) is 8.50. The van der Waals surface area contributed by atoms with E-state index in [1.807, 2.05) is 11.8 Å². The molecule has 2 rings (SSSR count). The molecule has 0 unspecified atom stereocenters. The van der Waals surface area contributed by atoms with Crippen molar-refractivity contribution in [2.75, 3.05) is 39.5 Å². The molecule has 2 fully saturated rings. The van der Waals surface area contributed by atoms with Crippen molar-refractivity contribution in [3.8, 4) is 0 Å². The van der Waals surface area contributed by atoms with Crippen LogP contribution in [0.15, 0.2) is 12.2 Å². The molecule has 0 bridgehead atoms. The number of ether oxygens (including phenoxy) is 2. The third kappa shape index (κ3) is 4.69. The van der Waals surface area contributed by atoms with Crippen molar-refractivity contribution >= 4 is 6.03 Å². The van der Waals surface area contributed by atoms with Crippen LogP contribution < -0.4 is 5.32 Å². The molecule has 2 amide bonds. The Labute approximate surface area is 132 Å². The number of hydrogen-bond acceptors (Lipinski definition) is 4. The summed E-state index contributed by atoms with van der Waals surface area (Å²) >= 11 is 0. The molecular weight excluding hydrogens is 284 g/mol. The maximum Gasteiger partial charge on any atom is 0.317 e. The second-order valence-corrected chi connectivity index (χ2v) is 6.24. The monoisotopic (exact) mass is 312 g/mol. The summed E-state index contributed by atoms with van der Waals surface area (Å²) in [5, 5.41) is 13.1. The first-order valence-electron chi connectivity index (χ1n) is 8.12. The molecule has 0 aliphatic carbocycles. The zero-order chi connectivity index (χ0) is 15.9. The number of nitrogens with one attached hydrogen (secondary N) is 1. The maximum absolute atomic E-state index is 12.3. The van der Waals surface area contributed by atoms with Crippen molar-refractivity contribution in [2.24, 2.45) is 5.92 Å². The maximum atomic E-state index is 12.3. The van der Waals surface area contributed by atoms with Crippen molar-refractivity contribution < 1.29 is 19.4 Å². The average Bonchev–Trinajstić information content (AvgIpc) is 2.96. The molecule has 0 saturated carbocycles. The molecular formula is C16H28N2O4. The van der Waals surface area contributed by atoms with Crippen molar-refractivity contribution in [2.45, 2.75) is 38.3 Å². The van der Waals surface area contributed by atoms with Gasteiger partial charge in [0, 0.05) is 31.7 Å². The van der Waals surface area contributed by atoms with Gasteiger partial charge in [0.15, 0.2) is 0 Å². The van der Waals surface area contributed by atoms with E-state index < -0.39 is 0 Å². The Balaban J connectivity index is 1.77. The molecule has 0 spiro atoms. The fourth-order valence-corrected chi connectivity index (χ4v) is 3.18. The molecule has 126 valence electrons. The number of hydrogen-bond donors (Lipinski definition) is 2. The smallest absolute Gasteiger partial charge is 0.317 e. The fourth-order valence-electron chi connectivity index (χ4n) is 3.18. The largest absolute Gasteiger partial charge is 0.393 e. The topological polar surface area (TPSA) is 71.0 Å². The molecule has 0 radical (unpaired) electrons. The van der Waals surface area contributed by atoms with Crippen LogP contribution in [0, 0.1) is 5.92 Å². The lowest BCUT2D eigenvalue weighted by molar-refractivity contribution is -0.0576. The average molecular weight is 312 g/mol. The molecule has 0 aromatic carbocycles. The van der Waals surface area contributed by atoms with Crippen LogP contribution >= 0.6 is 0 Å². The first-order chi connectivity index (χ1) is 10.6. The van der Waals surface area contributed by atoms with E-state index in [2.05, 4.69) is 11.9 Å². The van der Waals surface area contributed by atoms with Crippen molar-refractivity contribution in [1.29, 1.82) is 0 Å². The molecule has 6 nitrogen and oxygen atoms in total. The molecule has 2 heterocycles. The molecule has 0 aromatic rings. The lowest BCUT2D eigenvalue weighted by Crippen LogP contribution is -2.51. The minimum Gasteiger partial charge on any atom is -0.393 e. The van der Waals surface area contributed by atoms with Gasteiger partial charge in [0.2, 0.25) is 0 Å². The highest BCUT2D eigenvalue weighted by Gasteiger charge is 2.39. The van der Waals surface area contributed by atoms with E-state index in [9.17, 15) is 9.90 Å². The van der Waals surface area contributed by atoms with Gasteiger partial charge in [-0.15, -0.1) is 0 Å². The third-order valence-corrected chi connectivity index (χ3v) is 4.29. The minimum atomic E-state index is -0.369. The van der Waals surface area contributed by atoms with Gasteiger partial charge >= 0.3 is 6.03 Å². The van der Waals surface area contributed by atoms with Crippen molar-refractivity contribution in [1.82, 2.24) is 10.2 Å². The highest BCUT2D eigenvalue weighted by atomic mass is 16.5. The zero-order valence-corrected chi connectivity index (χ0v) is 13.4. The summed E-state index contributed by atoms with van der Waals surface area (Å²) in [4.78, 5) is 14.2. The van der Waals surface area contributed by atoms with Crippen LogP contribution in [0.5, 0.6) is 0 Å². The third-order valence-electron chi connectivity index (χ3n) is 4.29. The molecule has 2 N–H and O–H groups in total. The van der Waals surface area contributed by atoms with Gasteiger partial charge in [0.05, 0.1) is 25.9 Å². The standard InChI is InChI=1S/C16H28N2O4/c1-12(2)10-22-9-6-17-16(20)18-7-3-4-14(18)13-11-21-8-5-15(13)19/h13-15,19H,1,3-11H2,2H3,(H,17,20)/t13-,14+,15+/m0/s1.